The van der Waals surface area contributed by atoms with E-state index in [2.05, 4.69) is 37.6 Å². The van der Waals surface area contributed by atoms with Crippen LogP contribution in [0.15, 0.2) is 28.9 Å². The smallest absolute Gasteiger partial charge is 0.102 e. The van der Waals surface area contributed by atoms with Crippen molar-refractivity contribution in [3.05, 3.63) is 40.1 Å². The van der Waals surface area contributed by atoms with Gasteiger partial charge in [0.15, 0.2) is 0 Å². The highest BCUT2D eigenvalue weighted by Gasteiger charge is 2.05. The largest absolute Gasteiger partial charge is 0.396 e. The average Bonchev–Trinajstić information content (AvgIpc) is 2.91. The van der Waals surface area contributed by atoms with Crippen LogP contribution < -0.4 is 5.32 Å². The molecule has 0 radical (unpaired) electrons. The summed E-state index contributed by atoms with van der Waals surface area (Å²) in [7, 11) is 0. The minimum absolute atomic E-state index is 0.136. The summed E-state index contributed by atoms with van der Waals surface area (Å²) in [6, 6.07) is 7.58. The molecule has 0 bridgehead atoms. The van der Waals surface area contributed by atoms with Gasteiger partial charge < -0.3 is 10.4 Å². The fraction of sp³-hybridized carbons (Fsp3) is 0.308. The van der Waals surface area contributed by atoms with Gasteiger partial charge in [-0.3, -0.25) is 4.68 Å². The Morgan fingerprint density at radius 2 is 2.30 bits per heavy atom. The molecule has 104 valence electrons. The Balaban J connectivity index is 2.00. The highest BCUT2D eigenvalue weighted by atomic mass is 79.9. The van der Waals surface area contributed by atoms with E-state index in [1.165, 1.54) is 0 Å². The standard InChI is InChI=1S/C13H14BrN5O/c14-11-3-2-10(7-15)13(6-11)16-8-12-9-19(18-17-12)4-1-5-20/h2-3,6,9,16,20H,1,4-5,8H2. The molecule has 0 unspecified atom stereocenters. The fourth-order valence-corrected chi connectivity index (χ4v) is 2.07. The molecule has 0 aliphatic rings. The number of benzene rings is 1. The summed E-state index contributed by atoms with van der Waals surface area (Å²) in [5.74, 6) is 0. The lowest BCUT2D eigenvalue weighted by Gasteiger charge is -2.06. The SMILES string of the molecule is N#Cc1ccc(Br)cc1NCc1cn(CCCO)nn1. The van der Waals surface area contributed by atoms with Crippen LogP contribution in [0, 0.1) is 11.3 Å². The lowest BCUT2D eigenvalue weighted by Crippen LogP contribution is -2.02. The molecule has 0 aliphatic heterocycles. The number of aliphatic hydroxyl groups excluding tert-OH is 1. The first-order valence-corrected chi connectivity index (χ1v) is 6.95. The van der Waals surface area contributed by atoms with Crippen molar-refractivity contribution in [1.29, 1.82) is 5.26 Å². The molecule has 6 nitrogen and oxygen atoms in total. The molecule has 0 saturated carbocycles. The second kappa shape index (κ2) is 7.03. The summed E-state index contributed by atoms with van der Waals surface area (Å²) >= 11 is 3.38. The number of nitrogens with zero attached hydrogens (tertiary/aromatic N) is 4. The first kappa shape index (κ1) is 14.5. The van der Waals surface area contributed by atoms with E-state index >= 15 is 0 Å². The second-order valence-corrected chi connectivity index (χ2v) is 5.12. The van der Waals surface area contributed by atoms with E-state index in [4.69, 9.17) is 10.4 Å². The lowest BCUT2D eigenvalue weighted by molar-refractivity contribution is 0.276. The molecule has 0 fully saturated rings. The number of anilines is 1. The highest BCUT2D eigenvalue weighted by molar-refractivity contribution is 9.10. The number of nitriles is 1. The number of nitrogens with one attached hydrogen (secondary N) is 1. The molecule has 7 heteroatoms. The van der Waals surface area contributed by atoms with Crippen LogP contribution >= 0.6 is 15.9 Å². The summed E-state index contributed by atoms with van der Waals surface area (Å²) in [5.41, 5.74) is 2.12. The van der Waals surface area contributed by atoms with Gasteiger partial charge in [-0.05, 0) is 24.6 Å². The van der Waals surface area contributed by atoms with E-state index in [0.717, 1.165) is 15.9 Å². The molecule has 0 saturated heterocycles. The molecule has 1 aromatic heterocycles. The number of aliphatic hydroxyl groups is 1. The normalized spacial score (nSPS) is 10.2. The number of halogens is 1. The maximum Gasteiger partial charge on any atom is 0.102 e. The Morgan fingerprint density at radius 1 is 1.45 bits per heavy atom. The molecule has 2 N–H and O–H groups in total. The van der Waals surface area contributed by atoms with Crippen molar-refractivity contribution >= 4 is 21.6 Å². The Hall–Kier alpha value is -1.91. The molecular weight excluding hydrogens is 322 g/mol. The van der Waals surface area contributed by atoms with Crippen LogP contribution in [0.5, 0.6) is 0 Å². The first-order valence-electron chi connectivity index (χ1n) is 6.16. The molecule has 2 aromatic rings. The zero-order chi connectivity index (χ0) is 14.4. The number of aryl methyl sites for hydroxylation is 1. The van der Waals surface area contributed by atoms with Gasteiger partial charge in [0.1, 0.15) is 11.8 Å². The van der Waals surface area contributed by atoms with Gasteiger partial charge in [-0.1, -0.05) is 21.1 Å². The zero-order valence-corrected chi connectivity index (χ0v) is 12.3. The zero-order valence-electron chi connectivity index (χ0n) is 10.8. The Kier molecular flexibility index (Phi) is 5.09. The predicted molar refractivity (Wildman–Crippen MR) is 77.9 cm³/mol. The van der Waals surface area contributed by atoms with Crippen molar-refractivity contribution in [2.75, 3.05) is 11.9 Å². The van der Waals surface area contributed by atoms with Gasteiger partial charge in [0.05, 0.1) is 24.0 Å². The third kappa shape index (κ3) is 3.79. The van der Waals surface area contributed by atoms with Gasteiger partial charge in [-0.2, -0.15) is 5.26 Å². The molecule has 20 heavy (non-hydrogen) atoms. The van der Waals surface area contributed by atoms with E-state index in [0.29, 0.717) is 25.1 Å². The summed E-state index contributed by atoms with van der Waals surface area (Å²) in [4.78, 5) is 0. The second-order valence-electron chi connectivity index (χ2n) is 4.21. The van der Waals surface area contributed by atoms with Crippen LogP contribution in [0.3, 0.4) is 0 Å². The van der Waals surface area contributed by atoms with Crippen LogP contribution in [-0.4, -0.2) is 26.7 Å². The summed E-state index contributed by atoms with van der Waals surface area (Å²) in [6.45, 7) is 1.27. The van der Waals surface area contributed by atoms with E-state index in [-0.39, 0.29) is 6.61 Å². The van der Waals surface area contributed by atoms with Crippen LogP contribution in [0.25, 0.3) is 0 Å². The molecule has 1 heterocycles. The third-order valence-electron chi connectivity index (χ3n) is 2.69. The Bertz CT molecular complexity index is 619. The minimum atomic E-state index is 0.136. The van der Waals surface area contributed by atoms with Gasteiger partial charge >= 0.3 is 0 Å². The third-order valence-corrected chi connectivity index (χ3v) is 3.19. The lowest BCUT2D eigenvalue weighted by atomic mass is 10.2. The van der Waals surface area contributed by atoms with Crippen molar-refractivity contribution in [2.24, 2.45) is 0 Å². The molecule has 2 rings (SSSR count). The summed E-state index contributed by atoms with van der Waals surface area (Å²) in [5, 5.41) is 29.0. The maximum absolute atomic E-state index is 9.05. The van der Waals surface area contributed by atoms with Gasteiger partial charge in [-0.15, -0.1) is 5.10 Å². The number of rotatable bonds is 6. The molecule has 0 aliphatic carbocycles. The summed E-state index contributed by atoms with van der Waals surface area (Å²) in [6.07, 6.45) is 2.48. The molecule has 1 aromatic carbocycles. The van der Waals surface area contributed by atoms with E-state index in [1.807, 2.05) is 18.3 Å². The van der Waals surface area contributed by atoms with Gasteiger partial charge in [0, 0.05) is 17.6 Å². The molecule has 0 atom stereocenters. The first-order chi connectivity index (χ1) is 9.72. The van der Waals surface area contributed by atoms with Gasteiger partial charge in [0.25, 0.3) is 0 Å². The van der Waals surface area contributed by atoms with Gasteiger partial charge in [0.2, 0.25) is 0 Å². The van der Waals surface area contributed by atoms with Crippen molar-refractivity contribution in [1.82, 2.24) is 15.0 Å². The van der Waals surface area contributed by atoms with Crippen LogP contribution in [0.4, 0.5) is 5.69 Å². The van der Waals surface area contributed by atoms with E-state index in [9.17, 15) is 0 Å². The maximum atomic E-state index is 9.05. The summed E-state index contributed by atoms with van der Waals surface area (Å²) < 4.78 is 2.60. The Labute approximate surface area is 125 Å². The number of aromatic nitrogens is 3. The average molecular weight is 336 g/mol. The van der Waals surface area contributed by atoms with Gasteiger partial charge in [-0.25, -0.2) is 0 Å². The van der Waals surface area contributed by atoms with Crippen LogP contribution in [-0.2, 0) is 13.1 Å². The quantitative estimate of drug-likeness (QED) is 0.841. The number of hydrogen-bond donors (Lipinski definition) is 2. The van der Waals surface area contributed by atoms with Crippen molar-refractivity contribution in [3.8, 4) is 6.07 Å². The van der Waals surface area contributed by atoms with Crippen LogP contribution in [0.2, 0.25) is 0 Å². The molecular formula is C13H14BrN5O. The van der Waals surface area contributed by atoms with Crippen molar-refractivity contribution < 1.29 is 5.11 Å². The monoisotopic (exact) mass is 335 g/mol. The predicted octanol–water partition coefficient (Wildman–Crippen LogP) is 1.91. The fourth-order valence-electron chi connectivity index (χ4n) is 1.71. The highest BCUT2D eigenvalue weighted by Crippen LogP contribution is 2.21. The number of hydrogen-bond acceptors (Lipinski definition) is 5. The Morgan fingerprint density at radius 3 is 3.05 bits per heavy atom. The van der Waals surface area contributed by atoms with Crippen molar-refractivity contribution in [2.45, 2.75) is 19.5 Å². The van der Waals surface area contributed by atoms with Crippen molar-refractivity contribution in [3.63, 3.8) is 0 Å². The van der Waals surface area contributed by atoms with Crippen LogP contribution in [0.1, 0.15) is 17.7 Å². The topological polar surface area (TPSA) is 86.8 Å². The van der Waals surface area contributed by atoms with E-state index < -0.39 is 0 Å². The molecule has 0 spiro atoms. The molecule has 0 amide bonds. The van der Waals surface area contributed by atoms with E-state index in [1.54, 1.807) is 10.7 Å². The minimum Gasteiger partial charge on any atom is -0.396 e.